The van der Waals surface area contributed by atoms with Crippen LogP contribution in [0.25, 0.3) is 0 Å². The van der Waals surface area contributed by atoms with E-state index in [4.69, 9.17) is 10.00 Å². The summed E-state index contributed by atoms with van der Waals surface area (Å²) < 4.78 is 5.65. The van der Waals surface area contributed by atoms with Gasteiger partial charge in [-0.15, -0.1) is 0 Å². The van der Waals surface area contributed by atoms with E-state index in [-0.39, 0.29) is 5.78 Å². The number of nitriles is 1. The first-order valence-corrected chi connectivity index (χ1v) is 7.37. The molecule has 0 saturated carbocycles. The van der Waals surface area contributed by atoms with Crippen molar-refractivity contribution in [3.8, 4) is 11.8 Å². The number of nitrogens with zero attached hydrogens (tertiary/aromatic N) is 2. The van der Waals surface area contributed by atoms with Crippen molar-refractivity contribution in [3.05, 3.63) is 29.3 Å². The molecule has 0 radical (unpaired) electrons. The van der Waals surface area contributed by atoms with Crippen LogP contribution in [0, 0.1) is 11.3 Å². The maximum absolute atomic E-state index is 11.6. The fourth-order valence-electron chi connectivity index (χ4n) is 2.15. The Bertz CT molecular complexity index is 518. The number of benzene rings is 1. The van der Waals surface area contributed by atoms with Crippen molar-refractivity contribution >= 4 is 5.78 Å². The first-order valence-electron chi connectivity index (χ1n) is 7.37. The number of carbonyl (C=O) groups is 1. The van der Waals surface area contributed by atoms with Gasteiger partial charge in [-0.3, -0.25) is 9.69 Å². The highest BCUT2D eigenvalue weighted by molar-refractivity contribution is 5.94. The van der Waals surface area contributed by atoms with Crippen molar-refractivity contribution in [2.75, 3.05) is 13.2 Å². The Hall–Kier alpha value is -1.86. The number of ether oxygens (including phenoxy) is 1. The molecule has 0 unspecified atom stereocenters. The van der Waals surface area contributed by atoms with Crippen LogP contribution < -0.4 is 4.74 Å². The standard InChI is InChI=1S/C17H24N2O2/c1-5-21-17-8-7-15(14(4)20)11-16(17)12-19(13(2)3)10-6-9-18/h7-8,11,13H,5-6,10,12H2,1-4H3. The Kier molecular flexibility index (Phi) is 6.90. The zero-order chi connectivity index (χ0) is 15.8. The van der Waals surface area contributed by atoms with Crippen LogP contribution in [0.4, 0.5) is 0 Å². The van der Waals surface area contributed by atoms with Crippen LogP contribution in [-0.2, 0) is 6.54 Å². The van der Waals surface area contributed by atoms with Gasteiger partial charge in [-0.05, 0) is 45.9 Å². The lowest BCUT2D eigenvalue weighted by Gasteiger charge is -2.26. The molecule has 0 bridgehead atoms. The normalized spacial score (nSPS) is 10.7. The summed E-state index contributed by atoms with van der Waals surface area (Å²) >= 11 is 0. The minimum Gasteiger partial charge on any atom is -0.494 e. The van der Waals surface area contributed by atoms with Gasteiger partial charge in [-0.25, -0.2) is 0 Å². The van der Waals surface area contributed by atoms with E-state index in [9.17, 15) is 4.79 Å². The molecule has 114 valence electrons. The SMILES string of the molecule is CCOc1ccc(C(C)=O)cc1CN(CCC#N)C(C)C. The Morgan fingerprint density at radius 1 is 1.43 bits per heavy atom. The van der Waals surface area contributed by atoms with Crippen LogP contribution in [0.2, 0.25) is 0 Å². The first-order chi connectivity index (χ1) is 9.99. The summed E-state index contributed by atoms with van der Waals surface area (Å²) in [6, 6.07) is 8.06. The molecule has 21 heavy (non-hydrogen) atoms. The number of carbonyl (C=O) groups excluding carboxylic acids is 1. The van der Waals surface area contributed by atoms with Gasteiger partial charge in [0.25, 0.3) is 0 Å². The van der Waals surface area contributed by atoms with E-state index in [2.05, 4.69) is 24.8 Å². The average molecular weight is 288 g/mol. The lowest BCUT2D eigenvalue weighted by Crippen LogP contribution is -2.31. The molecule has 0 saturated heterocycles. The van der Waals surface area contributed by atoms with Crippen LogP contribution in [0.5, 0.6) is 5.75 Å². The van der Waals surface area contributed by atoms with Crippen molar-refractivity contribution in [2.24, 2.45) is 0 Å². The van der Waals surface area contributed by atoms with Crippen LogP contribution in [0.15, 0.2) is 18.2 Å². The third-order valence-electron chi connectivity index (χ3n) is 3.38. The molecule has 4 nitrogen and oxygen atoms in total. The zero-order valence-electron chi connectivity index (χ0n) is 13.3. The summed E-state index contributed by atoms with van der Waals surface area (Å²) in [4.78, 5) is 13.8. The van der Waals surface area contributed by atoms with E-state index in [1.807, 2.05) is 19.1 Å². The van der Waals surface area contributed by atoms with Crippen molar-refractivity contribution in [1.29, 1.82) is 5.26 Å². The largest absolute Gasteiger partial charge is 0.494 e. The average Bonchev–Trinajstić information content (AvgIpc) is 2.44. The quantitative estimate of drug-likeness (QED) is 0.688. The van der Waals surface area contributed by atoms with E-state index in [1.165, 1.54) is 0 Å². The molecule has 0 aromatic heterocycles. The molecule has 1 aromatic carbocycles. The molecular weight excluding hydrogens is 264 g/mol. The van der Waals surface area contributed by atoms with E-state index in [0.717, 1.165) is 11.3 Å². The molecule has 0 amide bonds. The van der Waals surface area contributed by atoms with Gasteiger partial charge in [0.05, 0.1) is 12.7 Å². The highest BCUT2D eigenvalue weighted by Crippen LogP contribution is 2.23. The molecule has 0 aliphatic heterocycles. The van der Waals surface area contributed by atoms with Crippen molar-refractivity contribution < 1.29 is 9.53 Å². The second-order valence-electron chi connectivity index (χ2n) is 5.28. The number of hydrogen-bond donors (Lipinski definition) is 0. The summed E-state index contributed by atoms with van der Waals surface area (Å²) in [6.45, 7) is 9.69. The van der Waals surface area contributed by atoms with Crippen LogP contribution in [-0.4, -0.2) is 29.9 Å². The van der Waals surface area contributed by atoms with Gasteiger partial charge in [-0.2, -0.15) is 5.26 Å². The first kappa shape index (κ1) is 17.2. The Morgan fingerprint density at radius 3 is 2.67 bits per heavy atom. The second kappa shape index (κ2) is 8.43. The molecule has 1 aromatic rings. The summed E-state index contributed by atoms with van der Waals surface area (Å²) in [5.41, 5.74) is 1.69. The molecule has 0 atom stereocenters. The molecule has 1 rings (SSSR count). The predicted octanol–water partition coefficient (Wildman–Crippen LogP) is 3.41. The van der Waals surface area contributed by atoms with Gasteiger partial charge in [0.2, 0.25) is 0 Å². The lowest BCUT2D eigenvalue weighted by atomic mass is 10.1. The van der Waals surface area contributed by atoms with Crippen LogP contribution in [0.3, 0.4) is 0 Å². The van der Waals surface area contributed by atoms with Gasteiger partial charge in [0, 0.05) is 36.7 Å². The summed E-state index contributed by atoms with van der Waals surface area (Å²) in [7, 11) is 0. The van der Waals surface area contributed by atoms with E-state index in [0.29, 0.717) is 37.7 Å². The van der Waals surface area contributed by atoms with Gasteiger partial charge in [0.1, 0.15) is 5.75 Å². The molecular formula is C17H24N2O2. The summed E-state index contributed by atoms with van der Waals surface area (Å²) in [5.74, 6) is 0.859. The number of Topliss-reactive ketones (excluding diaryl/α,β-unsaturated/α-hetero) is 1. The van der Waals surface area contributed by atoms with Gasteiger partial charge < -0.3 is 4.74 Å². The molecule has 0 fully saturated rings. The van der Waals surface area contributed by atoms with Gasteiger partial charge in [0.15, 0.2) is 5.78 Å². The van der Waals surface area contributed by atoms with Gasteiger partial charge >= 0.3 is 0 Å². The Morgan fingerprint density at radius 2 is 2.14 bits per heavy atom. The maximum Gasteiger partial charge on any atom is 0.159 e. The minimum atomic E-state index is 0.0485. The fourth-order valence-corrected chi connectivity index (χ4v) is 2.15. The second-order valence-corrected chi connectivity index (χ2v) is 5.28. The number of hydrogen-bond acceptors (Lipinski definition) is 4. The molecule has 0 heterocycles. The number of rotatable bonds is 8. The van der Waals surface area contributed by atoms with E-state index in [1.54, 1.807) is 13.0 Å². The topological polar surface area (TPSA) is 53.3 Å². The highest BCUT2D eigenvalue weighted by Gasteiger charge is 2.14. The third-order valence-corrected chi connectivity index (χ3v) is 3.38. The maximum atomic E-state index is 11.6. The molecule has 0 aliphatic carbocycles. The molecule has 0 aliphatic rings. The van der Waals surface area contributed by atoms with Crippen LogP contribution >= 0.6 is 0 Å². The van der Waals surface area contributed by atoms with E-state index < -0.39 is 0 Å². The van der Waals surface area contributed by atoms with Crippen molar-refractivity contribution in [1.82, 2.24) is 4.90 Å². The third kappa shape index (κ3) is 5.20. The number of ketones is 1. The van der Waals surface area contributed by atoms with Gasteiger partial charge in [-0.1, -0.05) is 0 Å². The fraction of sp³-hybridized carbons (Fsp3) is 0.529. The van der Waals surface area contributed by atoms with E-state index >= 15 is 0 Å². The smallest absolute Gasteiger partial charge is 0.159 e. The minimum absolute atomic E-state index is 0.0485. The zero-order valence-corrected chi connectivity index (χ0v) is 13.3. The molecule has 4 heteroatoms. The summed E-state index contributed by atoms with van der Waals surface area (Å²) in [5, 5.41) is 8.77. The highest BCUT2D eigenvalue weighted by atomic mass is 16.5. The van der Waals surface area contributed by atoms with Crippen molar-refractivity contribution in [3.63, 3.8) is 0 Å². The van der Waals surface area contributed by atoms with Crippen LogP contribution in [0.1, 0.15) is 50.0 Å². The molecule has 0 spiro atoms. The molecule has 0 N–H and O–H groups in total. The summed E-state index contributed by atoms with van der Waals surface area (Å²) in [6.07, 6.45) is 0.495. The monoisotopic (exact) mass is 288 g/mol. The van der Waals surface area contributed by atoms with Crippen molar-refractivity contribution in [2.45, 2.75) is 46.7 Å². The lowest BCUT2D eigenvalue weighted by molar-refractivity contribution is 0.101. The predicted molar refractivity (Wildman–Crippen MR) is 83.4 cm³/mol. The Labute approximate surface area is 127 Å². The Balaban J connectivity index is 3.03.